The monoisotopic (exact) mass is 445 g/mol. The van der Waals surface area contributed by atoms with Crippen LogP contribution >= 0.6 is 12.4 Å². The first-order valence-corrected chi connectivity index (χ1v) is 11.9. The fourth-order valence-electron chi connectivity index (χ4n) is 5.10. The molecule has 0 unspecified atom stereocenters. The molecule has 31 heavy (non-hydrogen) atoms. The summed E-state index contributed by atoms with van der Waals surface area (Å²) in [5.41, 5.74) is 0.667. The summed E-state index contributed by atoms with van der Waals surface area (Å²) in [6.45, 7) is 3.36. The highest BCUT2D eigenvalue weighted by atomic mass is 35.5. The molecule has 4 rings (SSSR count). The maximum atomic E-state index is 15.8. The van der Waals surface area contributed by atoms with E-state index in [-0.39, 0.29) is 12.4 Å². The second-order valence-electron chi connectivity index (χ2n) is 9.26. The molecule has 0 radical (unpaired) electrons. The third-order valence-corrected chi connectivity index (χ3v) is 7.06. The number of likely N-dealkylation sites (tertiary alicyclic amines) is 1. The highest BCUT2D eigenvalue weighted by Gasteiger charge is 2.36. The lowest BCUT2D eigenvalue weighted by molar-refractivity contribution is 0.0543. The van der Waals surface area contributed by atoms with Crippen molar-refractivity contribution in [3.8, 4) is 5.75 Å². The smallest absolute Gasteiger partial charge is 0.138 e. The highest BCUT2D eigenvalue weighted by Crippen LogP contribution is 2.38. The molecule has 0 aromatic heterocycles. The van der Waals surface area contributed by atoms with E-state index >= 15 is 4.39 Å². The van der Waals surface area contributed by atoms with Gasteiger partial charge < -0.3 is 9.64 Å². The van der Waals surface area contributed by atoms with E-state index in [1.165, 1.54) is 44.9 Å². The molecular weight excluding hydrogens is 409 g/mol. The van der Waals surface area contributed by atoms with Crippen LogP contribution in [-0.2, 0) is 12.3 Å². The van der Waals surface area contributed by atoms with Crippen LogP contribution < -0.4 is 4.74 Å². The Balaban J connectivity index is 0.00000272. The van der Waals surface area contributed by atoms with Crippen LogP contribution in [0, 0.1) is 5.92 Å². The minimum atomic E-state index is -1.23. The molecule has 2 nitrogen and oxygen atoms in total. The molecule has 2 fully saturated rings. The molecule has 1 aliphatic carbocycles. The number of nitrogens with zero attached hydrogens (tertiary/aromatic N) is 1. The second-order valence-corrected chi connectivity index (χ2v) is 9.26. The number of benzene rings is 2. The maximum absolute atomic E-state index is 15.8. The van der Waals surface area contributed by atoms with Gasteiger partial charge in [-0.05, 0) is 61.4 Å². The van der Waals surface area contributed by atoms with Crippen LogP contribution in [0.4, 0.5) is 4.39 Å². The summed E-state index contributed by atoms with van der Waals surface area (Å²) in [5.74, 6) is 1.70. The van der Waals surface area contributed by atoms with Crippen molar-refractivity contribution in [2.75, 3.05) is 19.6 Å². The summed E-state index contributed by atoms with van der Waals surface area (Å²) in [6, 6.07) is 17.8. The Morgan fingerprint density at radius 2 is 1.68 bits per heavy atom. The average molecular weight is 446 g/mol. The molecule has 2 aliphatic rings. The molecule has 0 amide bonds. The van der Waals surface area contributed by atoms with Crippen molar-refractivity contribution in [3.05, 3.63) is 65.7 Å². The summed E-state index contributed by atoms with van der Waals surface area (Å²) in [7, 11) is 0. The first-order chi connectivity index (χ1) is 14.7. The molecule has 1 aliphatic heterocycles. The zero-order chi connectivity index (χ0) is 20.7. The number of piperidine rings is 1. The number of alkyl halides is 1. The molecule has 1 saturated carbocycles. The third kappa shape index (κ3) is 6.95. The van der Waals surface area contributed by atoms with Crippen molar-refractivity contribution < 1.29 is 9.13 Å². The van der Waals surface area contributed by atoms with Gasteiger partial charge in [-0.25, -0.2) is 4.39 Å². The number of halogens is 2. The number of rotatable bonds is 8. The summed E-state index contributed by atoms with van der Waals surface area (Å²) in [5, 5.41) is 0. The largest absolute Gasteiger partial charge is 0.489 e. The van der Waals surface area contributed by atoms with Gasteiger partial charge >= 0.3 is 0 Å². The molecular formula is C27H37ClFNO. The van der Waals surface area contributed by atoms with Crippen molar-refractivity contribution in [2.45, 2.75) is 70.1 Å². The van der Waals surface area contributed by atoms with Crippen LogP contribution in [0.3, 0.4) is 0 Å². The van der Waals surface area contributed by atoms with Crippen LogP contribution in [-0.4, -0.2) is 24.5 Å². The predicted octanol–water partition coefficient (Wildman–Crippen LogP) is 7.31. The van der Waals surface area contributed by atoms with Crippen LogP contribution in [0.25, 0.3) is 0 Å². The first kappa shape index (κ1) is 24.1. The Hall–Kier alpha value is -1.58. The Morgan fingerprint density at radius 1 is 0.935 bits per heavy atom. The van der Waals surface area contributed by atoms with Crippen LogP contribution in [0.2, 0.25) is 0 Å². The van der Waals surface area contributed by atoms with Crippen molar-refractivity contribution >= 4 is 12.4 Å². The fraction of sp³-hybridized carbons (Fsp3) is 0.556. The third-order valence-electron chi connectivity index (χ3n) is 7.06. The molecule has 4 heteroatoms. The summed E-state index contributed by atoms with van der Waals surface area (Å²) in [4.78, 5) is 2.47. The van der Waals surface area contributed by atoms with E-state index in [0.717, 1.165) is 42.4 Å². The first-order valence-electron chi connectivity index (χ1n) is 11.9. The van der Waals surface area contributed by atoms with Gasteiger partial charge in [-0.2, -0.15) is 0 Å². The van der Waals surface area contributed by atoms with Crippen molar-refractivity contribution in [1.82, 2.24) is 4.90 Å². The van der Waals surface area contributed by atoms with E-state index in [1.54, 1.807) is 0 Å². The SMILES string of the molecule is Cl.FC1(c2cccc(OCc3ccccc3)c2)CCN(CCCC2CCCCC2)CC1. The van der Waals surface area contributed by atoms with Crippen LogP contribution in [0.15, 0.2) is 54.6 Å². The van der Waals surface area contributed by atoms with Crippen molar-refractivity contribution in [2.24, 2.45) is 5.92 Å². The lowest BCUT2D eigenvalue weighted by Crippen LogP contribution is -2.40. The van der Waals surface area contributed by atoms with Gasteiger partial charge in [0.1, 0.15) is 18.0 Å². The van der Waals surface area contributed by atoms with Gasteiger partial charge in [-0.15, -0.1) is 12.4 Å². The zero-order valence-electron chi connectivity index (χ0n) is 18.6. The summed E-state index contributed by atoms with van der Waals surface area (Å²) < 4.78 is 21.7. The summed E-state index contributed by atoms with van der Waals surface area (Å²) >= 11 is 0. The van der Waals surface area contributed by atoms with E-state index in [1.807, 2.05) is 54.6 Å². The zero-order valence-corrected chi connectivity index (χ0v) is 19.4. The Labute approximate surface area is 193 Å². The van der Waals surface area contributed by atoms with Gasteiger partial charge in [0.25, 0.3) is 0 Å². The van der Waals surface area contributed by atoms with Gasteiger partial charge in [0.2, 0.25) is 0 Å². The Bertz CT molecular complexity index is 770. The van der Waals surface area contributed by atoms with Crippen molar-refractivity contribution in [3.63, 3.8) is 0 Å². The van der Waals surface area contributed by atoms with Crippen LogP contribution in [0.1, 0.15) is 68.9 Å². The predicted molar refractivity (Wildman–Crippen MR) is 129 cm³/mol. The van der Waals surface area contributed by atoms with Gasteiger partial charge in [-0.3, -0.25) is 0 Å². The van der Waals surface area contributed by atoms with Gasteiger partial charge in [0.15, 0.2) is 0 Å². The quantitative estimate of drug-likeness (QED) is 0.422. The lowest BCUT2D eigenvalue weighted by Gasteiger charge is -2.37. The molecule has 0 bridgehead atoms. The molecule has 1 saturated heterocycles. The van der Waals surface area contributed by atoms with E-state index in [4.69, 9.17) is 4.74 Å². The second kappa shape index (κ2) is 11.9. The Morgan fingerprint density at radius 3 is 2.42 bits per heavy atom. The van der Waals surface area contributed by atoms with E-state index in [9.17, 15) is 0 Å². The average Bonchev–Trinajstić information content (AvgIpc) is 2.81. The van der Waals surface area contributed by atoms with E-state index in [0.29, 0.717) is 19.4 Å². The highest BCUT2D eigenvalue weighted by molar-refractivity contribution is 5.85. The molecule has 0 spiro atoms. The molecule has 2 aromatic rings. The molecule has 170 valence electrons. The molecule has 0 atom stereocenters. The number of hydrogen-bond acceptors (Lipinski definition) is 2. The van der Waals surface area contributed by atoms with E-state index in [2.05, 4.69) is 4.90 Å². The number of ether oxygens (including phenoxy) is 1. The molecule has 0 N–H and O–H groups in total. The van der Waals surface area contributed by atoms with Gasteiger partial charge in [0, 0.05) is 13.1 Å². The van der Waals surface area contributed by atoms with Gasteiger partial charge in [-0.1, -0.05) is 74.6 Å². The lowest BCUT2D eigenvalue weighted by atomic mass is 9.85. The molecule has 2 aromatic carbocycles. The fourth-order valence-corrected chi connectivity index (χ4v) is 5.10. The van der Waals surface area contributed by atoms with Crippen LogP contribution in [0.5, 0.6) is 5.75 Å². The van der Waals surface area contributed by atoms with Crippen molar-refractivity contribution in [1.29, 1.82) is 0 Å². The minimum Gasteiger partial charge on any atom is -0.489 e. The normalized spacial score (nSPS) is 19.5. The molecule has 1 heterocycles. The van der Waals surface area contributed by atoms with E-state index < -0.39 is 5.67 Å². The minimum absolute atomic E-state index is 0. The Kier molecular flexibility index (Phi) is 9.22. The van der Waals surface area contributed by atoms with Gasteiger partial charge in [0.05, 0.1) is 0 Å². The topological polar surface area (TPSA) is 12.5 Å². The maximum Gasteiger partial charge on any atom is 0.138 e. The number of hydrogen-bond donors (Lipinski definition) is 0. The summed E-state index contributed by atoms with van der Waals surface area (Å²) in [6.07, 6.45) is 10.9. The standard InChI is InChI=1S/C27H36FNO.ClH/c28-27(16-19-29(20-17-27)18-8-13-23-9-3-1-4-10-23)25-14-7-15-26(21-25)30-22-24-11-5-2-6-12-24;/h2,5-7,11-12,14-15,21,23H,1,3-4,8-10,13,16-20,22H2;1H.